The molecule has 2 atom stereocenters. The number of aliphatic hydroxyl groups excluding tert-OH is 1. The average molecular weight is 403 g/mol. The van der Waals surface area contributed by atoms with E-state index in [-0.39, 0.29) is 18.6 Å². The molecule has 0 spiro atoms. The number of nitrogens with one attached hydrogen (secondary N) is 1. The minimum atomic E-state index is -0.739. The van der Waals surface area contributed by atoms with Crippen LogP contribution in [0.5, 0.6) is 5.75 Å². The van der Waals surface area contributed by atoms with Crippen molar-refractivity contribution in [3.05, 3.63) is 72.6 Å². The molecule has 6 heteroatoms. The number of carbonyl (C=O) groups is 1. The number of carbonyl (C=O) groups excluding carboxylic acids is 1. The number of para-hydroxylation sites is 2. The van der Waals surface area contributed by atoms with E-state index in [1.807, 2.05) is 72.2 Å². The first-order chi connectivity index (χ1) is 14.5. The first-order valence-electron chi connectivity index (χ1n) is 10.0. The van der Waals surface area contributed by atoms with Crippen LogP contribution in [0.2, 0.25) is 0 Å². The third kappa shape index (κ3) is 4.28. The van der Waals surface area contributed by atoms with E-state index in [1.165, 1.54) is 6.92 Å². The molecule has 0 radical (unpaired) electrons. The summed E-state index contributed by atoms with van der Waals surface area (Å²) in [6.45, 7) is 3.83. The van der Waals surface area contributed by atoms with Crippen molar-refractivity contribution in [1.82, 2.24) is 14.9 Å². The molecule has 6 nitrogen and oxygen atoms in total. The third-order valence-electron chi connectivity index (χ3n) is 5.05. The van der Waals surface area contributed by atoms with Crippen LogP contribution in [0.15, 0.2) is 66.7 Å². The molecule has 0 aliphatic heterocycles. The standard InChI is InChI=1S/C24H25N3O3/c1-16(25-17(2)28)24-26-22-9-5-6-10-23(22)27(24)14-20(29)15-30-21-12-11-18-7-3-4-8-19(18)13-21/h3-13,16,20,29H,14-15H2,1-2H3,(H,25,28)/t16-,20-/m1/s1. The van der Waals surface area contributed by atoms with Crippen LogP contribution in [0.4, 0.5) is 0 Å². The van der Waals surface area contributed by atoms with Gasteiger partial charge in [0, 0.05) is 6.92 Å². The minimum absolute atomic E-state index is 0.124. The predicted octanol–water partition coefficient (Wildman–Crippen LogP) is 3.83. The molecule has 0 aliphatic rings. The minimum Gasteiger partial charge on any atom is -0.491 e. The fraction of sp³-hybridized carbons (Fsp3) is 0.250. The van der Waals surface area contributed by atoms with Crippen LogP contribution in [0.1, 0.15) is 25.7 Å². The highest BCUT2D eigenvalue weighted by Gasteiger charge is 2.19. The summed E-state index contributed by atoms with van der Waals surface area (Å²) in [6.07, 6.45) is -0.739. The molecular formula is C24H25N3O3. The lowest BCUT2D eigenvalue weighted by Gasteiger charge is -2.19. The Bertz CT molecular complexity index is 1180. The summed E-state index contributed by atoms with van der Waals surface area (Å²) in [7, 11) is 0. The quantitative estimate of drug-likeness (QED) is 0.492. The molecule has 0 fully saturated rings. The van der Waals surface area contributed by atoms with Gasteiger partial charge in [0.1, 0.15) is 24.3 Å². The molecular weight excluding hydrogens is 378 g/mol. The van der Waals surface area contributed by atoms with Crippen LogP contribution in [0.25, 0.3) is 21.8 Å². The number of imidazole rings is 1. The number of benzene rings is 3. The van der Waals surface area contributed by atoms with Crippen molar-refractivity contribution in [2.24, 2.45) is 0 Å². The van der Waals surface area contributed by atoms with E-state index in [4.69, 9.17) is 4.74 Å². The number of rotatable bonds is 7. The van der Waals surface area contributed by atoms with Crippen molar-refractivity contribution in [2.75, 3.05) is 6.61 Å². The lowest BCUT2D eigenvalue weighted by atomic mass is 10.1. The predicted molar refractivity (Wildman–Crippen MR) is 117 cm³/mol. The fourth-order valence-corrected chi connectivity index (χ4v) is 3.70. The highest BCUT2D eigenvalue weighted by molar-refractivity contribution is 5.83. The zero-order valence-corrected chi connectivity index (χ0v) is 17.1. The van der Waals surface area contributed by atoms with Crippen LogP contribution in [0, 0.1) is 0 Å². The van der Waals surface area contributed by atoms with Crippen molar-refractivity contribution in [3.8, 4) is 5.75 Å². The van der Waals surface area contributed by atoms with Crippen molar-refractivity contribution in [2.45, 2.75) is 32.5 Å². The maximum absolute atomic E-state index is 11.5. The third-order valence-corrected chi connectivity index (χ3v) is 5.05. The molecule has 154 valence electrons. The molecule has 0 bridgehead atoms. The van der Waals surface area contributed by atoms with Gasteiger partial charge >= 0.3 is 0 Å². The first-order valence-corrected chi connectivity index (χ1v) is 10.0. The van der Waals surface area contributed by atoms with Crippen molar-refractivity contribution < 1.29 is 14.6 Å². The Balaban J connectivity index is 1.51. The number of hydrogen-bond donors (Lipinski definition) is 2. The average Bonchev–Trinajstić information content (AvgIpc) is 3.10. The van der Waals surface area contributed by atoms with Crippen LogP contribution < -0.4 is 10.1 Å². The van der Waals surface area contributed by atoms with Gasteiger partial charge in [0.05, 0.1) is 23.6 Å². The maximum atomic E-state index is 11.5. The first kappa shape index (κ1) is 19.9. The molecule has 0 saturated heterocycles. The van der Waals surface area contributed by atoms with E-state index >= 15 is 0 Å². The van der Waals surface area contributed by atoms with Gasteiger partial charge in [-0.05, 0) is 42.0 Å². The summed E-state index contributed by atoms with van der Waals surface area (Å²) in [5.41, 5.74) is 1.74. The largest absolute Gasteiger partial charge is 0.491 e. The van der Waals surface area contributed by atoms with Gasteiger partial charge in [-0.1, -0.05) is 42.5 Å². The van der Waals surface area contributed by atoms with Gasteiger partial charge in [0.2, 0.25) is 5.91 Å². The summed E-state index contributed by atoms with van der Waals surface area (Å²) >= 11 is 0. The second-order valence-corrected chi connectivity index (χ2v) is 7.47. The lowest BCUT2D eigenvalue weighted by Crippen LogP contribution is -2.29. The van der Waals surface area contributed by atoms with E-state index in [1.54, 1.807) is 0 Å². The summed E-state index contributed by atoms with van der Waals surface area (Å²) in [4.78, 5) is 16.2. The smallest absolute Gasteiger partial charge is 0.217 e. The lowest BCUT2D eigenvalue weighted by molar-refractivity contribution is -0.119. The summed E-state index contributed by atoms with van der Waals surface area (Å²) in [5.74, 6) is 1.30. The van der Waals surface area contributed by atoms with Crippen LogP contribution in [-0.4, -0.2) is 33.3 Å². The number of nitrogens with zero attached hydrogens (tertiary/aromatic N) is 2. The zero-order chi connectivity index (χ0) is 21.1. The molecule has 4 rings (SSSR count). The van der Waals surface area contributed by atoms with Gasteiger partial charge < -0.3 is 19.7 Å². The molecule has 30 heavy (non-hydrogen) atoms. The molecule has 2 N–H and O–H groups in total. The topological polar surface area (TPSA) is 76.4 Å². The number of ether oxygens (including phenoxy) is 1. The number of hydrogen-bond acceptors (Lipinski definition) is 4. The molecule has 1 amide bonds. The van der Waals surface area contributed by atoms with Gasteiger partial charge in [0.25, 0.3) is 0 Å². The highest BCUT2D eigenvalue weighted by Crippen LogP contribution is 2.23. The molecule has 4 aromatic rings. The SMILES string of the molecule is CC(=O)N[C@H](C)c1nc2ccccc2n1C[C@@H](O)COc1ccc2ccccc2c1. The molecule has 1 aromatic heterocycles. The van der Waals surface area contributed by atoms with E-state index in [9.17, 15) is 9.90 Å². The van der Waals surface area contributed by atoms with Crippen LogP contribution in [-0.2, 0) is 11.3 Å². The van der Waals surface area contributed by atoms with Gasteiger partial charge in [-0.2, -0.15) is 0 Å². The van der Waals surface area contributed by atoms with Crippen LogP contribution in [0.3, 0.4) is 0 Å². The van der Waals surface area contributed by atoms with Gasteiger partial charge in [-0.25, -0.2) is 4.98 Å². The number of aromatic nitrogens is 2. The zero-order valence-electron chi connectivity index (χ0n) is 17.1. The monoisotopic (exact) mass is 403 g/mol. The van der Waals surface area contributed by atoms with E-state index in [0.29, 0.717) is 12.4 Å². The normalized spacial score (nSPS) is 13.3. The molecule has 3 aromatic carbocycles. The highest BCUT2D eigenvalue weighted by atomic mass is 16.5. The molecule has 1 heterocycles. The van der Waals surface area contributed by atoms with Crippen LogP contribution >= 0.6 is 0 Å². The van der Waals surface area contributed by atoms with Crippen molar-refractivity contribution in [1.29, 1.82) is 0 Å². The van der Waals surface area contributed by atoms with Gasteiger partial charge in [0.15, 0.2) is 0 Å². The maximum Gasteiger partial charge on any atom is 0.217 e. The van der Waals surface area contributed by atoms with E-state index < -0.39 is 6.10 Å². The Morgan fingerprint density at radius 2 is 1.83 bits per heavy atom. The fourth-order valence-electron chi connectivity index (χ4n) is 3.70. The van der Waals surface area contributed by atoms with E-state index in [2.05, 4.69) is 16.4 Å². The Hall–Kier alpha value is -3.38. The number of fused-ring (bicyclic) bond motifs is 2. The van der Waals surface area contributed by atoms with Crippen molar-refractivity contribution >= 4 is 27.7 Å². The van der Waals surface area contributed by atoms with Gasteiger partial charge in [-0.15, -0.1) is 0 Å². The Morgan fingerprint density at radius 1 is 1.10 bits per heavy atom. The second kappa shape index (κ2) is 8.55. The van der Waals surface area contributed by atoms with Gasteiger partial charge in [-0.3, -0.25) is 4.79 Å². The Morgan fingerprint density at radius 3 is 2.63 bits per heavy atom. The molecule has 0 unspecified atom stereocenters. The number of amides is 1. The Kier molecular flexibility index (Phi) is 5.68. The summed E-state index contributed by atoms with van der Waals surface area (Å²) in [5, 5.41) is 15.8. The Labute approximate surface area is 175 Å². The molecule has 0 aliphatic carbocycles. The van der Waals surface area contributed by atoms with E-state index in [0.717, 1.165) is 27.6 Å². The van der Waals surface area contributed by atoms with Crippen molar-refractivity contribution in [3.63, 3.8) is 0 Å². The summed E-state index contributed by atoms with van der Waals surface area (Å²) in [6, 6.07) is 21.4. The summed E-state index contributed by atoms with van der Waals surface area (Å²) < 4.78 is 7.80. The molecule has 0 saturated carbocycles. The number of aliphatic hydroxyl groups is 1. The second-order valence-electron chi connectivity index (χ2n) is 7.47.